The maximum absolute atomic E-state index is 12.9. The van der Waals surface area contributed by atoms with Crippen molar-refractivity contribution < 1.29 is 4.79 Å². The van der Waals surface area contributed by atoms with Crippen LogP contribution in [-0.4, -0.2) is 17.9 Å². The number of halogens is 1. The Bertz CT molecular complexity index is 1140. The third kappa shape index (κ3) is 3.55. The molecule has 1 heterocycles. The number of hydrogen-bond donors (Lipinski definition) is 1. The maximum Gasteiger partial charge on any atom is 0.257 e. The van der Waals surface area contributed by atoms with Crippen molar-refractivity contribution in [2.24, 2.45) is 0 Å². The summed E-state index contributed by atoms with van der Waals surface area (Å²) < 4.78 is 0. The van der Waals surface area contributed by atoms with E-state index in [2.05, 4.69) is 10.3 Å². The lowest BCUT2D eigenvalue weighted by molar-refractivity contribution is 0.102. The summed E-state index contributed by atoms with van der Waals surface area (Å²) in [4.78, 5) is 19.4. The predicted octanol–water partition coefficient (Wildman–Crippen LogP) is 5.91. The molecule has 1 N–H and O–H groups in total. The summed E-state index contributed by atoms with van der Waals surface area (Å²) in [5.41, 5.74) is 3.99. The monoisotopic (exact) mass is 387 g/mol. The number of para-hydroxylation sites is 2. The van der Waals surface area contributed by atoms with Gasteiger partial charge in [0.1, 0.15) is 0 Å². The molecule has 4 nitrogen and oxygen atoms in total. The zero-order chi connectivity index (χ0) is 19.5. The van der Waals surface area contributed by atoms with Gasteiger partial charge in [-0.1, -0.05) is 41.9 Å². The van der Waals surface area contributed by atoms with Gasteiger partial charge in [0.2, 0.25) is 0 Å². The highest BCUT2D eigenvalue weighted by atomic mass is 35.5. The van der Waals surface area contributed by atoms with Crippen molar-refractivity contribution in [1.82, 2.24) is 4.98 Å². The summed E-state index contributed by atoms with van der Waals surface area (Å²) in [6, 6.07) is 24.5. The Labute approximate surface area is 168 Å². The molecule has 4 aromatic rings. The molecule has 0 radical (unpaired) electrons. The Kier molecular flexibility index (Phi) is 4.96. The van der Waals surface area contributed by atoms with Gasteiger partial charge in [-0.15, -0.1) is 0 Å². The fourth-order valence-corrected chi connectivity index (χ4v) is 3.32. The molecule has 5 heteroatoms. The summed E-state index contributed by atoms with van der Waals surface area (Å²) in [6.45, 7) is 0. The van der Waals surface area contributed by atoms with E-state index in [4.69, 9.17) is 11.6 Å². The number of rotatable bonds is 4. The molecule has 0 fully saturated rings. The molecule has 0 atom stereocenters. The molecule has 0 unspecified atom stereocenters. The van der Waals surface area contributed by atoms with Gasteiger partial charge in [0.15, 0.2) is 0 Å². The van der Waals surface area contributed by atoms with Crippen LogP contribution in [-0.2, 0) is 0 Å². The zero-order valence-electron chi connectivity index (χ0n) is 15.3. The second-order valence-corrected chi connectivity index (χ2v) is 6.82. The van der Waals surface area contributed by atoms with E-state index in [-0.39, 0.29) is 5.91 Å². The van der Waals surface area contributed by atoms with Crippen molar-refractivity contribution in [2.45, 2.75) is 0 Å². The lowest BCUT2D eigenvalue weighted by atomic mass is 10.1. The smallest absolute Gasteiger partial charge is 0.257 e. The Balaban J connectivity index is 1.70. The van der Waals surface area contributed by atoms with Gasteiger partial charge in [-0.3, -0.25) is 9.78 Å². The van der Waals surface area contributed by atoms with E-state index in [1.54, 1.807) is 30.5 Å². The average molecular weight is 388 g/mol. The largest absolute Gasteiger partial charge is 0.343 e. The van der Waals surface area contributed by atoms with Gasteiger partial charge in [-0.25, -0.2) is 0 Å². The van der Waals surface area contributed by atoms with Gasteiger partial charge in [0.25, 0.3) is 5.91 Å². The summed E-state index contributed by atoms with van der Waals surface area (Å²) in [5.74, 6) is -0.178. The van der Waals surface area contributed by atoms with Crippen LogP contribution in [0.15, 0.2) is 85.1 Å². The lowest BCUT2D eigenvalue weighted by Crippen LogP contribution is -2.18. The lowest BCUT2D eigenvalue weighted by Gasteiger charge is -2.23. The van der Waals surface area contributed by atoms with Crippen LogP contribution in [0.1, 0.15) is 10.4 Å². The van der Waals surface area contributed by atoms with Gasteiger partial charge in [-0.2, -0.15) is 0 Å². The Hall–Kier alpha value is -3.37. The predicted molar refractivity (Wildman–Crippen MR) is 116 cm³/mol. The molecule has 0 aliphatic carbocycles. The zero-order valence-corrected chi connectivity index (χ0v) is 16.0. The van der Waals surface area contributed by atoms with Crippen LogP contribution in [0.2, 0.25) is 5.02 Å². The molecule has 3 aromatic carbocycles. The number of amides is 1. The quantitative estimate of drug-likeness (QED) is 0.473. The van der Waals surface area contributed by atoms with E-state index in [1.807, 2.05) is 66.5 Å². The number of carbonyl (C=O) groups is 1. The molecule has 1 amide bonds. The van der Waals surface area contributed by atoms with E-state index < -0.39 is 0 Å². The molecule has 0 bridgehead atoms. The second kappa shape index (κ2) is 7.71. The minimum absolute atomic E-state index is 0.178. The Morgan fingerprint density at radius 3 is 2.43 bits per heavy atom. The molecule has 0 spiro atoms. The number of benzene rings is 3. The normalized spacial score (nSPS) is 10.6. The number of hydrogen-bond acceptors (Lipinski definition) is 3. The Morgan fingerprint density at radius 1 is 0.893 bits per heavy atom. The van der Waals surface area contributed by atoms with Crippen molar-refractivity contribution in [1.29, 1.82) is 0 Å². The highest BCUT2D eigenvalue weighted by Crippen LogP contribution is 2.32. The number of nitrogens with zero attached hydrogens (tertiary/aromatic N) is 2. The van der Waals surface area contributed by atoms with E-state index in [9.17, 15) is 4.79 Å². The van der Waals surface area contributed by atoms with Crippen LogP contribution >= 0.6 is 11.6 Å². The van der Waals surface area contributed by atoms with Crippen molar-refractivity contribution in [3.05, 3.63) is 95.6 Å². The molecule has 4 rings (SSSR count). The molecule has 1 aromatic heterocycles. The fraction of sp³-hybridized carbons (Fsp3) is 0.0435. The summed E-state index contributed by atoms with van der Waals surface area (Å²) >= 11 is 5.92. The van der Waals surface area contributed by atoms with Gasteiger partial charge < -0.3 is 10.2 Å². The molecule has 138 valence electrons. The molecule has 0 saturated carbocycles. The first-order chi connectivity index (χ1) is 13.6. The van der Waals surface area contributed by atoms with E-state index in [0.29, 0.717) is 16.3 Å². The third-order valence-corrected chi connectivity index (χ3v) is 4.85. The minimum atomic E-state index is -0.178. The number of aromatic nitrogens is 1. The summed E-state index contributed by atoms with van der Waals surface area (Å²) in [7, 11) is 1.95. The first-order valence-corrected chi connectivity index (χ1v) is 9.25. The average Bonchev–Trinajstić information content (AvgIpc) is 2.74. The first-order valence-electron chi connectivity index (χ1n) is 8.87. The molecular weight excluding hydrogens is 370 g/mol. The SMILES string of the molecule is CN(c1ccccc1C(=O)Nc1ccc(Cl)cc1)c1ccnc2ccccc12. The number of anilines is 3. The minimum Gasteiger partial charge on any atom is -0.343 e. The fourth-order valence-electron chi connectivity index (χ4n) is 3.19. The Morgan fingerprint density at radius 2 is 1.61 bits per heavy atom. The van der Waals surface area contributed by atoms with E-state index >= 15 is 0 Å². The van der Waals surface area contributed by atoms with Gasteiger partial charge in [0, 0.05) is 29.3 Å². The van der Waals surface area contributed by atoms with Gasteiger partial charge >= 0.3 is 0 Å². The van der Waals surface area contributed by atoms with Crippen LogP contribution in [0.4, 0.5) is 17.1 Å². The number of fused-ring (bicyclic) bond motifs is 1. The third-order valence-electron chi connectivity index (χ3n) is 4.60. The van der Waals surface area contributed by atoms with Crippen LogP contribution in [0.3, 0.4) is 0 Å². The molecule has 28 heavy (non-hydrogen) atoms. The van der Waals surface area contributed by atoms with E-state index in [0.717, 1.165) is 22.3 Å². The van der Waals surface area contributed by atoms with Crippen molar-refractivity contribution >= 4 is 45.5 Å². The molecule has 0 aliphatic rings. The van der Waals surface area contributed by atoms with Crippen LogP contribution in [0.25, 0.3) is 10.9 Å². The molecule has 0 saturated heterocycles. The van der Waals surface area contributed by atoms with Crippen molar-refractivity contribution in [2.75, 3.05) is 17.3 Å². The summed E-state index contributed by atoms with van der Waals surface area (Å²) in [6.07, 6.45) is 1.78. The van der Waals surface area contributed by atoms with Crippen molar-refractivity contribution in [3.63, 3.8) is 0 Å². The van der Waals surface area contributed by atoms with Crippen LogP contribution in [0, 0.1) is 0 Å². The van der Waals surface area contributed by atoms with Crippen molar-refractivity contribution in [3.8, 4) is 0 Å². The second-order valence-electron chi connectivity index (χ2n) is 6.38. The maximum atomic E-state index is 12.9. The standard InChI is InChI=1S/C23H18ClN3O/c1-27(22-14-15-25-20-8-4-2-6-18(20)22)21-9-5-3-7-19(21)23(28)26-17-12-10-16(24)11-13-17/h2-15H,1H3,(H,26,28). The van der Waals surface area contributed by atoms with E-state index in [1.165, 1.54) is 0 Å². The summed E-state index contributed by atoms with van der Waals surface area (Å²) in [5, 5.41) is 4.59. The number of pyridine rings is 1. The molecule has 0 aliphatic heterocycles. The van der Waals surface area contributed by atoms with Crippen LogP contribution in [0.5, 0.6) is 0 Å². The van der Waals surface area contributed by atoms with Crippen LogP contribution < -0.4 is 10.2 Å². The van der Waals surface area contributed by atoms with Gasteiger partial charge in [0.05, 0.1) is 22.5 Å². The molecular formula is C23H18ClN3O. The highest BCUT2D eigenvalue weighted by molar-refractivity contribution is 6.30. The van der Waals surface area contributed by atoms with Gasteiger partial charge in [-0.05, 0) is 48.5 Å². The first kappa shape index (κ1) is 18.0. The highest BCUT2D eigenvalue weighted by Gasteiger charge is 2.16. The number of carbonyl (C=O) groups excluding carboxylic acids is 1. The number of nitrogens with one attached hydrogen (secondary N) is 1. The topological polar surface area (TPSA) is 45.2 Å².